The molecule has 8 nitrogen and oxygen atoms in total. The van der Waals surface area contributed by atoms with Crippen molar-refractivity contribution in [2.45, 2.75) is 19.3 Å². The first kappa shape index (κ1) is 18.5. The minimum atomic E-state index is -0.809. The van der Waals surface area contributed by atoms with Crippen LogP contribution in [0.2, 0.25) is 0 Å². The number of aromatic amines is 1. The summed E-state index contributed by atoms with van der Waals surface area (Å²) in [4.78, 5) is 21.8. The molecule has 10 heteroatoms. The second-order valence-corrected chi connectivity index (χ2v) is 7.59. The van der Waals surface area contributed by atoms with Crippen LogP contribution in [0.25, 0.3) is 16.8 Å². The van der Waals surface area contributed by atoms with Gasteiger partial charge in [0.25, 0.3) is 0 Å². The molecule has 2 amide bonds. The molecule has 1 saturated heterocycles. The zero-order chi connectivity index (χ0) is 20.8. The Morgan fingerprint density at radius 1 is 1.27 bits per heavy atom. The predicted molar refractivity (Wildman–Crippen MR) is 106 cm³/mol. The normalized spacial score (nSPS) is 19.5. The van der Waals surface area contributed by atoms with E-state index in [0.717, 1.165) is 35.5 Å². The highest BCUT2D eigenvalue weighted by Crippen LogP contribution is 2.32. The maximum atomic E-state index is 13.9. The van der Waals surface area contributed by atoms with E-state index in [0.29, 0.717) is 18.7 Å². The highest BCUT2D eigenvalue weighted by molar-refractivity contribution is 5.89. The number of likely N-dealkylation sites (tertiary alicyclic amines) is 1. The minimum absolute atomic E-state index is 0.0513. The number of hydrogen-bond acceptors (Lipinski definition) is 4. The topological polar surface area (TPSA) is 91.2 Å². The van der Waals surface area contributed by atoms with E-state index in [9.17, 15) is 13.6 Å². The quantitative estimate of drug-likeness (QED) is 0.528. The first-order valence-electron chi connectivity index (χ1n) is 9.69. The van der Waals surface area contributed by atoms with Crippen molar-refractivity contribution in [2.24, 2.45) is 5.92 Å². The van der Waals surface area contributed by atoms with E-state index in [2.05, 4.69) is 32.4 Å². The summed E-state index contributed by atoms with van der Waals surface area (Å²) in [5.41, 5.74) is 2.19. The average Bonchev–Trinajstić information content (AvgIpc) is 3.36. The van der Waals surface area contributed by atoms with E-state index < -0.39 is 17.7 Å². The number of piperidine rings is 1. The summed E-state index contributed by atoms with van der Waals surface area (Å²) >= 11 is 0. The lowest BCUT2D eigenvalue weighted by Gasteiger charge is -2.36. The second-order valence-electron chi connectivity index (χ2n) is 7.59. The Bertz CT molecular complexity index is 1250. The molecule has 2 atom stereocenters. The predicted octanol–water partition coefficient (Wildman–Crippen LogP) is 3.54. The number of rotatable bonds is 2. The maximum Gasteiger partial charge on any atom is 0.321 e. The molecular formula is C20H19F2N7O. The van der Waals surface area contributed by atoms with Crippen molar-refractivity contribution >= 4 is 28.5 Å². The fraction of sp³-hybridized carbons (Fsp3) is 0.300. The van der Waals surface area contributed by atoms with Crippen LogP contribution in [-0.2, 0) is 0 Å². The summed E-state index contributed by atoms with van der Waals surface area (Å²) in [6.45, 7) is 3.06. The van der Waals surface area contributed by atoms with Gasteiger partial charge in [0.05, 0.1) is 17.4 Å². The molecule has 4 heterocycles. The number of benzene rings is 1. The Morgan fingerprint density at radius 2 is 2.13 bits per heavy atom. The standard InChI is InChI=1S/C20H19F2N7O/c1-11-5-7-28(20(30)25-15-3-2-12(21)8-14(15)22)10-13(11)19-27-26-17-9-24-18-16(29(17)19)4-6-23-18/h2-4,6,8-9,11,13,23H,5,7,10H2,1H3,(H,25,30)/t11-,13+/m1/s1. The van der Waals surface area contributed by atoms with Gasteiger partial charge in [-0.1, -0.05) is 6.92 Å². The molecule has 0 aliphatic carbocycles. The van der Waals surface area contributed by atoms with Crippen LogP contribution in [0.4, 0.5) is 19.3 Å². The number of nitrogens with one attached hydrogen (secondary N) is 2. The largest absolute Gasteiger partial charge is 0.345 e. The smallest absolute Gasteiger partial charge is 0.321 e. The van der Waals surface area contributed by atoms with Crippen molar-refractivity contribution in [3.05, 3.63) is 54.1 Å². The fourth-order valence-electron chi connectivity index (χ4n) is 4.01. The lowest BCUT2D eigenvalue weighted by molar-refractivity contribution is 0.170. The lowest BCUT2D eigenvalue weighted by atomic mass is 9.86. The summed E-state index contributed by atoms with van der Waals surface area (Å²) in [6, 6.07) is 4.55. The molecule has 1 fully saturated rings. The number of carbonyl (C=O) groups excluding carboxylic acids is 1. The number of aromatic nitrogens is 5. The SMILES string of the molecule is C[C@@H]1CCN(C(=O)Nc2ccc(F)cc2F)C[C@@H]1c1nnc2cnc3[nH]ccc3n12. The van der Waals surface area contributed by atoms with Gasteiger partial charge in [0.2, 0.25) is 0 Å². The molecule has 2 N–H and O–H groups in total. The Morgan fingerprint density at radius 3 is 2.97 bits per heavy atom. The van der Waals surface area contributed by atoms with Crippen LogP contribution in [0.3, 0.4) is 0 Å². The molecule has 30 heavy (non-hydrogen) atoms. The average molecular weight is 411 g/mol. The summed E-state index contributed by atoms with van der Waals surface area (Å²) in [7, 11) is 0. The number of fused-ring (bicyclic) bond motifs is 3. The first-order valence-corrected chi connectivity index (χ1v) is 9.69. The van der Waals surface area contributed by atoms with Gasteiger partial charge < -0.3 is 15.2 Å². The van der Waals surface area contributed by atoms with E-state index in [1.165, 1.54) is 6.07 Å². The number of H-pyrrole nitrogens is 1. The Labute approximate surface area is 169 Å². The summed E-state index contributed by atoms with van der Waals surface area (Å²) in [5.74, 6) is -0.531. The number of amides is 2. The molecule has 1 aromatic carbocycles. The van der Waals surface area contributed by atoms with Gasteiger partial charge in [0.15, 0.2) is 11.3 Å². The van der Waals surface area contributed by atoms with Crippen molar-refractivity contribution in [1.82, 2.24) is 29.5 Å². The van der Waals surface area contributed by atoms with Crippen molar-refractivity contribution < 1.29 is 13.6 Å². The van der Waals surface area contributed by atoms with Crippen molar-refractivity contribution in [3.8, 4) is 0 Å². The van der Waals surface area contributed by atoms with Crippen LogP contribution in [0.5, 0.6) is 0 Å². The third-order valence-corrected chi connectivity index (χ3v) is 5.72. The van der Waals surface area contributed by atoms with E-state index in [1.807, 2.05) is 16.7 Å². The molecule has 0 saturated carbocycles. The zero-order valence-corrected chi connectivity index (χ0v) is 16.1. The van der Waals surface area contributed by atoms with Crippen molar-refractivity contribution in [3.63, 3.8) is 0 Å². The van der Waals surface area contributed by atoms with Gasteiger partial charge in [-0.25, -0.2) is 18.6 Å². The number of hydrogen-bond donors (Lipinski definition) is 2. The van der Waals surface area contributed by atoms with Crippen LogP contribution in [0.1, 0.15) is 25.1 Å². The fourth-order valence-corrected chi connectivity index (χ4v) is 4.01. The zero-order valence-electron chi connectivity index (χ0n) is 16.1. The minimum Gasteiger partial charge on any atom is -0.345 e. The monoisotopic (exact) mass is 411 g/mol. The van der Waals surface area contributed by atoms with Crippen LogP contribution >= 0.6 is 0 Å². The molecule has 0 bridgehead atoms. The van der Waals surface area contributed by atoms with Gasteiger partial charge in [-0.15, -0.1) is 10.2 Å². The van der Waals surface area contributed by atoms with Crippen LogP contribution in [-0.4, -0.2) is 48.6 Å². The molecule has 4 aromatic rings. The first-order chi connectivity index (χ1) is 14.5. The molecule has 5 rings (SSSR count). The van der Waals surface area contributed by atoms with E-state index >= 15 is 0 Å². The van der Waals surface area contributed by atoms with Crippen molar-refractivity contribution in [2.75, 3.05) is 18.4 Å². The highest BCUT2D eigenvalue weighted by Gasteiger charge is 2.33. The second kappa shape index (κ2) is 7.05. The van der Waals surface area contributed by atoms with E-state index in [-0.39, 0.29) is 17.5 Å². The molecule has 3 aromatic heterocycles. The summed E-state index contributed by atoms with van der Waals surface area (Å²) in [5, 5.41) is 11.2. The van der Waals surface area contributed by atoms with Gasteiger partial charge in [-0.05, 0) is 30.5 Å². The summed E-state index contributed by atoms with van der Waals surface area (Å²) in [6.07, 6.45) is 4.23. The Kier molecular flexibility index (Phi) is 4.34. The maximum absolute atomic E-state index is 13.9. The van der Waals surface area contributed by atoms with E-state index in [1.54, 1.807) is 11.1 Å². The molecule has 1 aliphatic rings. The summed E-state index contributed by atoms with van der Waals surface area (Å²) < 4.78 is 29.0. The highest BCUT2D eigenvalue weighted by atomic mass is 19.1. The van der Waals surface area contributed by atoms with Crippen LogP contribution in [0.15, 0.2) is 36.7 Å². The van der Waals surface area contributed by atoms with Gasteiger partial charge in [-0.2, -0.15) is 0 Å². The molecule has 0 radical (unpaired) electrons. The number of nitrogens with zero attached hydrogens (tertiary/aromatic N) is 5. The van der Waals surface area contributed by atoms with Gasteiger partial charge >= 0.3 is 6.03 Å². The molecule has 0 spiro atoms. The Balaban J connectivity index is 1.43. The third-order valence-electron chi connectivity index (χ3n) is 5.72. The number of urea groups is 1. The van der Waals surface area contributed by atoms with Crippen molar-refractivity contribution in [1.29, 1.82) is 0 Å². The number of carbonyl (C=O) groups is 1. The molecule has 1 aliphatic heterocycles. The Hall–Kier alpha value is -3.56. The van der Waals surface area contributed by atoms with Crippen LogP contribution in [0, 0.1) is 17.6 Å². The molecular weight excluding hydrogens is 392 g/mol. The van der Waals surface area contributed by atoms with Gasteiger partial charge in [0, 0.05) is 31.3 Å². The van der Waals surface area contributed by atoms with Gasteiger partial charge in [-0.3, -0.25) is 4.40 Å². The number of halogens is 2. The molecule has 154 valence electrons. The van der Waals surface area contributed by atoms with Crippen LogP contribution < -0.4 is 5.32 Å². The number of anilines is 1. The molecule has 0 unspecified atom stereocenters. The van der Waals surface area contributed by atoms with Gasteiger partial charge in [0.1, 0.15) is 17.5 Å². The lowest BCUT2D eigenvalue weighted by Crippen LogP contribution is -2.44. The van der Waals surface area contributed by atoms with E-state index in [4.69, 9.17) is 0 Å². The third kappa shape index (κ3) is 3.04.